The van der Waals surface area contributed by atoms with E-state index in [9.17, 15) is 4.79 Å². The number of rotatable bonds is 6. The van der Waals surface area contributed by atoms with E-state index in [1.807, 2.05) is 11.0 Å². The molecule has 1 heterocycles. The second-order valence-corrected chi connectivity index (χ2v) is 7.48. The third-order valence-electron chi connectivity index (χ3n) is 5.67. The standard InChI is InChI=1S/C21H32N4O/c1-22-21(23-13-6-9-17-7-2-3-8-17)24-15-20(26)25-14-12-18-10-4-5-11-19(18)16-25/h4-5,10-11,17H,2-3,6-9,12-16H2,1H3,(H2,22,23,24). The van der Waals surface area contributed by atoms with Crippen molar-refractivity contribution < 1.29 is 4.79 Å². The molecule has 1 aliphatic carbocycles. The van der Waals surface area contributed by atoms with E-state index in [2.05, 4.69) is 33.8 Å². The van der Waals surface area contributed by atoms with E-state index in [1.165, 1.54) is 49.7 Å². The maximum atomic E-state index is 12.5. The number of nitrogens with zero attached hydrogens (tertiary/aromatic N) is 2. The first-order valence-electron chi connectivity index (χ1n) is 10.1. The van der Waals surface area contributed by atoms with Crippen LogP contribution in [0.2, 0.25) is 0 Å². The third-order valence-corrected chi connectivity index (χ3v) is 5.67. The summed E-state index contributed by atoms with van der Waals surface area (Å²) in [6, 6.07) is 8.39. The van der Waals surface area contributed by atoms with Crippen LogP contribution >= 0.6 is 0 Å². The molecule has 0 spiro atoms. The van der Waals surface area contributed by atoms with Gasteiger partial charge in [0.25, 0.3) is 0 Å². The molecule has 1 aromatic rings. The number of amides is 1. The summed E-state index contributed by atoms with van der Waals surface area (Å²) in [5.74, 6) is 1.78. The highest BCUT2D eigenvalue weighted by Gasteiger charge is 2.20. The van der Waals surface area contributed by atoms with E-state index in [4.69, 9.17) is 0 Å². The Labute approximate surface area is 157 Å². The van der Waals surface area contributed by atoms with E-state index in [0.717, 1.165) is 31.4 Å². The predicted molar refractivity (Wildman–Crippen MR) is 106 cm³/mol. The van der Waals surface area contributed by atoms with E-state index in [-0.39, 0.29) is 5.91 Å². The highest BCUT2D eigenvalue weighted by atomic mass is 16.2. The van der Waals surface area contributed by atoms with Gasteiger partial charge in [0, 0.05) is 26.7 Å². The summed E-state index contributed by atoms with van der Waals surface area (Å²) in [4.78, 5) is 18.7. The zero-order valence-electron chi connectivity index (χ0n) is 16.0. The molecule has 0 atom stereocenters. The smallest absolute Gasteiger partial charge is 0.242 e. The monoisotopic (exact) mass is 356 g/mol. The molecule has 142 valence electrons. The third kappa shape index (κ3) is 5.23. The van der Waals surface area contributed by atoms with Gasteiger partial charge in [-0.15, -0.1) is 0 Å². The lowest BCUT2D eigenvalue weighted by Gasteiger charge is -2.29. The van der Waals surface area contributed by atoms with Crippen LogP contribution in [0, 0.1) is 5.92 Å². The Hall–Kier alpha value is -2.04. The lowest BCUT2D eigenvalue weighted by molar-refractivity contribution is -0.130. The molecular weight excluding hydrogens is 324 g/mol. The highest BCUT2D eigenvalue weighted by molar-refractivity contribution is 5.86. The lowest BCUT2D eigenvalue weighted by atomic mass is 10.00. The molecule has 1 fully saturated rings. The van der Waals surface area contributed by atoms with Gasteiger partial charge < -0.3 is 15.5 Å². The van der Waals surface area contributed by atoms with E-state index >= 15 is 0 Å². The highest BCUT2D eigenvalue weighted by Crippen LogP contribution is 2.28. The number of guanidine groups is 1. The first kappa shape index (κ1) is 18.7. The minimum Gasteiger partial charge on any atom is -0.356 e. The molecule has 26 heavy (non-hydrogen) atoms. The number of nitrogens with one attached hydrogen (secondary N) is 2. The number of carbonyl (C=O) groups excluding carboxylic acids is 1. The maximum Gasteiger partial charge on any atom is 0.242 e. The second kappa shape index (κ2) is 9.60. The summed E-state index contributed by atoms with van der Waals surface area (Å²) in [6.45, 7) is 2.72. The molecule has 0 aromatic heterocycles. The van der Waals surface area contributed by atoms with Crippen LogP contribution in [0.1, 0.15) is 49.7 Å². The first-order chi connectivity index (χ1) is 12.8. The van der Waals surface area contributed by atoms with E-state index in [0.29, 0.717) is 13.1 Å². The van der Waals surface area contributed by atoms with Crippen molar-refractivity contribution in [1.29, 1.82) is 0 Å². The molecule has 0 bridgehead atoms. The first-order valence-corrected chi connectivity index (χ1v) is 10.1. The fourth-order valence-corrected chi connectivity index (χ4v) is 4.10. The fraction of sp³-hybridized carbons (Fsp3) is 0.619. The van der Waals surface area contributed by atoms with E-state index < -0.39 is 0 Å². The molecule has 0 unspecified atom stereocenters. The molecule has 2 N–H and O–H groups in total. The van der Waals surface area contributed by atoms with Crippen molar-refractivity contribution >= 4 is 11.9 Å². The number of carbonyl (C=O) groups is 1. The summed E-state index contributed by atoms with van der Waals surface area (Å²) in [7, 11) is 1.76. The van der Waals surface area contributed by atoms with Gasteiger partial charge in [0.15, 0.2) is 5.96 Å². The van der Waals surface area contributed by atoms with Crippen LogP contribution in [0.5, 0.6) is 0 Å². The maximum absolute atomic E-state index is 12.5. The zero-order valence-corrected chi connectivity index (χ0v) is 16.0. The molecule has 5 nitrogen and oxygen atoms in total. The van der Waals surface area contributed by atoms with Gasteiger partial charge in [-0.05, 0) is 36.3 Å². The molecule has 3 rings (SSSR count). The summed E-state index contributed by atoms with van der Waals surface area (Å²) in [5, 5.41) is 6.50. The van der Waals surface area contributed by atoms with Crippen molar-refractivity contribution in [2.45, 2.75) is 51.5 Å². The molecule has 5 heteroatoms. The Bertz CT molecular complexity index is 622. The van der Waals surface area contributed by atoms with Gasteiger partial charge in [-0.3, -0.25) is 9.79 Å². The minimum absolute atomic E-state index is 0.133. The van der Waals surface area contributed by atoms with Crippen LogP contribution in [-0.4, -0.2) is 43.4 Å². The van der Waals surface area contributed by atoms with Crippen molar-refractivity contribution in [1.82, 2.24) is 15.5 Å². The Morgan fingerprint density at radius 1 is 1.19 bits per heavy atom. The predicted octanol–water partition coefficient (Wildman–Crippen LogP) is 2.71. The number of fused-ring (bicyclic) bond motifs is 1. The Morgan fingerprint density at radius 2 is 1.96 bits per heavy atom. The Balaban J connectivity index is 1.36. The minimum atomic E-state index is 0.133. The summed E-state index contributed by atoms with van der Waals surface area (Å²) in [6.07, 6.45) is 9.03. The normalized spacial score (nSPS) is 17.9. The average Bonchev–Trinajstić information content (AvgIpc) is 3.20. The van der Waals surface area contributed by atoms with Gasteiger partial charge in [0.05, 0.1) is 6.54 Å². The van der Waals surface area contributed by atoms with Crippen LogP contribution < -0.4 is 10.6 Å². The summed E-state index contributed by atoms with van der Waals surface area (Å²) >= 11 is 0. The molecule has 1 aliphatic heterocycles. The molecular formula is C21H32N4O. The van der Waals surface area contributed by atoms with Crippen LogP contribution in [0.15, 0.2) is 29.3 Å². The van der Waals surface area contributed by atoms with Gasteiger partial charge in [0.2, 0.25) is 5.91 Å². The summed E-state index contributed by atoms with van der Waals surface area (Å²) < 4.78 is 0. The van der Waals surface area contributed by atoms with Gasteiger partial charge >= 0.3 is 0 Å². The van der Waals surface area contributed by atoms with Crippen molar-refractivity contribution in [3.63, 3.8) is 0 Å². The number of hydrogen-bond acceptors (Lipinski definition) is 2. The average molecular weight is 357 g/mol. The fourth-order valence-electron chi connectivity index (χ4n) is 4.10. The number of aliphatic imine (C=N–C) groups is 1. The van der Waals surface area contributed by atoms with Crippen LogP contribution in [-0.2, 0) is 17.8 Å². The molecule has 1 amide bonds. The molecule has 1 aromatic carbocycles. The topological polar surface area (TPSA) is 56.7 Å². The van der Waals surface area contributed by atoms with Gasteiger partial charge in [0.1, 0.15) is 0 Å². The van der Waals surface area contributed by atoms with Gasteiger partial charge in [-0.25, -0.2) is 0 Å². The molecule has 0 radical (unpaired) electrons. The van der Waals surface area contributed by atoms with Crippen molar-refractivity contribution in [3.05, 3.63) is 35.4 Å². The largest absolute Gasteiger partial charge is 0.356 e. The number of benzene rings is 1. The molecule has 2 aliphatic rings. The number of hydrogen-bond donors (Lipinski definition) is 2. The SMILES string of the molecule is CN=C(NCCCC1CCCC1)NCC(=O)N1CCc2ccccc2C1. The zero-order chi connectivity index (χ0) is 18.2. The molecule has 0 saturated heterocycles. The summed E-state index contributed by atoms with van der Waals surface area (Å²) in [5.41, 5.74) is 2.63. The Morgan fingerprint density at radius 3 is 2.73 bits per heavy atom. The quantitative estimate of drug-likeness (QED) is 0.468. The lowest BCUT2D eigenvalue weighted by Crippen LogP contribution is -2.46. The van der Waals surface area contributed by atoms with Crippen molar-refractivity contribution in [2.75, 3.05) is 26.7 Å². The molecule has 1 saturated carbocycles. The van der Waals surface area contributed by atoms with Crippen molar-refractivity contribution in [3.8, 4) is 0 Å². The van der Waals surface area contributed by atoms with Crippen LogP contribution in [0.4, 0.5) is 0 Å². The van der Waals surface area contributed by atoms with Crippen LogP contribution in [0.3, 0.4) is 0 Å². The van der Waals surface area contributed by atoms with Gasteiger partial charge in [-0.1, -0.05) is 49.9 Å². The second-order valence-electron chi connectivity index (χ2n) is 7.48. The van der Waals surface area contributed by atoms with Gasteiger partial charge in [-0.2, -0.15) is 0 Å². The Kier molecular flexibility index (Phi) is 6.92. The van der Waals surface area contributed by atoms with Crippen molar-refractivity contribution in [2.24, 2.45) is 10.9 Å². The van der Waals surface area contributed by atoms with Crippen LogP contribution in [0.25, 0.3) is 0 Å². The van der Waals surface area contributed by atoms with E-state index in [1.54, 1.807) is 7.05 Å².